The third-order valence-corrected chi connectivity index (χ3v) is 17.2. The highest BCUT2D eigenvalue weighted by molar-refractivity contribution is 14.2. The summed E-state index contributed by atoms with van der Waals surface area (Å²) in [5.74, 6) is -2.40. The summed E-state index contributed by atoms with van der Waals surface area (Å²) in [6, 6.07) is 0. The molecule has 1 rings (SSSR count). The first-order valence-electron chi connectivity index (χ1n) is 30.5. The summed E-state index contributed by atoms with van der Waals surface area (Å²) in [6.07, 6.45) is 60.8. The molecule has 0 spiro atoms. The van der Waals surface area contributed by atoms with E-state index in [9.17, 15) is 25.9 Å². The van der Waals surface area contributed by atoms with Gasteiger partial charge in [0.2, 0.25) is 0 Å². The lowest BCUT2D eigenvalue weighted by Gasteiger charge is -2.21. The minimum Gasteiger partial charge on any atom is -0.478 e. The SMILES string of the molecule is CCCCCCCCCCCCCCCCCCc1c(CCCCCCCCCCCCCCCCCC)c(I(=O)=O)c(C(=O)O)c(CCCCCCCCCCCCCCCCCC)c1C(=O)O. The molecule has 404 valence electrons. The Morgan fingerprint density at radius 3 is 0.667 bits per heavy atom. The molecular weight excluding hydrogens is 968 g/mol. The van der Waals surface area contributed by atoms with E-state index in [2.05, 4.69) is 20.8 Å². The molecule has 0 aromatic heterocycles. The average molecular weight is 1080 g/mol. The maximum atomic E-state index is 13.3. The molecule has 69 heavy (non-hydrogen) atoms. The van der Waals surface area contributed by atoms with Crippen LogP contribution in [-0.2, 0) is 25.4 Å². The second-order valence-electron chi connectivity index (χ2n) is 21.5. The number of unbranched alkanes of at least 4 members (excludes halogenated alkanes) is 45. The van der Waals surface area contributed by atoms with E-state index in [1.54, 1.807) is 0 Å². The Hall–Kier alpha value is -1.51. The Kier molecular flexibility index (Phi) is 46.3. The van der Waals surface area contributed by atoms with E-state index in [0.29, 0.717) is 36.8 Å². The van der Waals surface area contributed by atoms with Gasteiger partial charge in [-0.3, -0.25) is 0 Å². The zero-order valence-corrected chi connectivity index (χ0v) is 48.1. The Balaban J connectivity index is 2.84. The van der Waals surface area contributed by atoms with Crippen LogP contribution in [-0.4, -0.2) is 22.2 Å². The number of hydrogen-bond donors (Lipinski definition) is 2. The molecule has 1 aromatic rings. The third-order valence-electron chi connectivity index (χ3n) is 15.2. The van der Waals surface area contributed by atoms with Crippen LogP contribution in [0.2, 0.25) is 0 Å². The first-order valence-corrected chi connectivity index (χ1v) is 33.4. The minimum atomic E-state index is -4.31. The fraction of sp³-hybridized carbons (Fsp3) is 0.871. The largest absolute Gasteiger partial charge is 0.478 e. The molecule has 0 aliphatic carbocycles. The van der Waals surface area contributed by atoms with Crippen molar-refractivity contribution in [3.63, 3.8) is 0 Å². The number of carboxylic acids is 2. The van der Waals surface area contributed by atoms with Crippen molar-refractivity contribution in [3.05, 3.63) is 31.4 Å². The second-order valence-corrected chi connectivity index (χ2v) is 23.8. The highest BCUT2D eigenvalue weighted by atomic mass is 127. The molecule has 0 saturated carbocycles. The fourth-order valence-electron chi connectivity index (χ4n) is 10.9. The fourth-order valence-corrected chi connectivity index (χ4v) is 13.0. The van der Waals surface area contributed by atoms with E-state index in [1.165, 1.54) is 238 Å². The first kappa shape index (κ1) is 65.5. The van der Waals surface area contributed by atoms with Crippen molar-refractivity contribution in [3.8, 4) is 0 Å². The van der Waals surface area contributed by atoms with Gasteiger partial charge in [0.1, 0.15) is 0 Å². The molecule has 0 amide bonds. The lowest BCUT2D eigenvalue weighted by Crippen LogP contribution is -2.19. The lowest BCUT2D eigenvalue weighted by atomic mass is 9.84. The average Bonchev–Trinajstić information content (AvgIpc) is 3.33. The maximum Gasteiger partial charge on any atom is 0.342 e. The summed E-state index contributed by atoms with van der Waals surface area (Å²) in [6.45, 7) is 6.81. The highest BCUT2D eigenvalue weighted by Crippen LogP contribution is 2.38. The van der Waals surface area contributed by atoms with E-state index < -0.39 is 31.7 Å². The normalized spacial score (nSPS) is 11.7. The van der Waals surface area contributed by atoms with Crippen molar-refractivity contribution in [2.75, 3.05) is 0 Å². The lowest BCUT2D eigenvalue weighted by molar-refractivity contribution is 0.0693. The number of halogens is 1. The van der Waals surface area contributed by atoms with Crippen molar-refractivity contribution < 1.29 is 25.9 Å². The molecule has 7 heteroatoms. The minimum absolute atomic E-state index is 0.0179. The van der Waals surface area contributed by atoms with Crippen LogP contribution in [0.5, 0.6) is 0 Å². The Bertz CT molecular complexity index is 1430. The van der Waals surface area contributed by atoms with Gasteiger partial charge in [-0.2, -0.15) is 0 Å². The van der Waals surface area contributed by atoms with Gasteiger partial charge in [0.15, 0.2) is 0 Å². The van der Waals surface area contributed by atoms with Crippen molar-refractivity contribution in [1.82, 2.24) is 0 Å². The monoisotopic (exact) mass is 1080 g/mol. The van der Waals surface area contributed by atoms with Gasteiger partial charge in [-0.05, 0) is 55.2 Å². The summed E-state index contributed by atoms with van der Waals surface area (Å²) >= 11 is -4.31. The zero-order chi connectivity index (χ0) is 50.3. The summed E-state index contributed by atoms with van der Waals surface area (Å²) < 4.78 is 26.5. The standard InChI is InChI=1S/C62H113IO6/c1-4-7-10-13-16-19-22-25-28-31-34-37-40-43-46-49-52-55-56(53-50-47-44-41-38-35-32-29-26-23-20-17-14-11-8-5-2)60(63(68)69)59(62(66)67)57(58(55)61(64)65)54-51-48-45-42-39-36-33-30-27-24-21-18-15-12-9-6-3/h4-54H2,1-3H3,(H,64,65)(H,66,67). The molecule has 1 aromatic carbocycles. The van der Waals surface area contributed by atoms with Crippen LogP contribution in [0.3, 0.4) is 0 Å². The predicted octanol–water partition coefficient (Wildman–Crippen LogP) is 21.9. The van der Waals surface area contributed by atoms with Crippen LogP contribution in [0.4, 0.5) is 0 Å². The highest BCUT2D eigenvalue weighted by Gasteiger charge is 2.31. The van der Waals surface area contributed by atoms with Crippen LogP contribution < -0.4 is 0 Å². The van der Waals surface area contributed by atoms with Crippen molar-refractivity contribution in [2.24, 2.45) is 0 Å². The summed E-state index contributed by atoms with van der Waals surface area (Å²) in [7, 11) is 0. The Morgan fingerprint density at radius 1 is 0.275 bits per heavy atom. The number of aromatic carboxylic acids is 2. The van der Waals surface area contributed by atoms with Crippen LogP contribution in [0.15, 0.2) is 0 Å². The van der Waals surface area contributed by atoms with Crippen LogP contribution in [0.25, 0.3) is 0 Å². The molecule has 0 heterocycles. The number of carbonyl (C=O) groups is 2. The van der Waals surface area contributed by atoms with Crippen molar-refractivity contribution in [2.45, 2.75) is 348 Å². The first-order chi connectivity index (χ1) is 33.8. The smallest absolute Gasteiger partial charge is 0.342 e. The molecule has 0 bridgehead atoms. The molecule has 0 fully saturated rings. The van der Waals surface area contributed by atoms with Crippen LogP contribution >= 0.6 is 19.8 Å². The van der Waals surface area contributed by atoms with E-state index in [-0.39, 0.29) is 20.3 Å². The van der Waals surface area contributed by atoms with Gasteiger partial charge in [-0.1, -0.05) is 310 Å². The number of hydrogen-bond acceptors (Lipinski definition) is 4. The van der Waals surface area contributed by atoms with Gasteiger partial charge in [-0.25, -0.2) is 15.7 Å². The summed E-state index contributed by atoms with van der Waals surface area (Å²) in [4.78, 5) is 26.3. The van der Waals surface area contributed by atoms with Gasteiger partial charge in [0.25, 0.3) is 0 Å². The molecule has 0 aliphatic heterocycles. The van der Waals surface area contributed by atoms with Gasteiger partial charge in [0.05, 0.1) is 14.7 Å². The Morgan fingerprint density at radius 2 is 0.464 bits per heavy atom. The van der Waals surface area contributed by atoms with E-state index in [0.717, 1.165) is 64.2 Å². The summed E-state index contributed by atoms with van der Waals surface area (Å²) in [5.41, 5.74) is 1.26. The molecule has 2 N–H and O–H groups in total. The van der Waals surface area contributed by atoms with Crippen LogP contribution in [0.1, 0.15) is 366 Å². The van der Waals surface area contributed by atoms with Crippen molar-refractivity contribution in [1.29, 1.82) is 0 Å². The maximum absolute atomic E-state index is 13.3. The van der Waals surface area contributed by atoms with Crippen molar-refractivity contribution >= 4 is 31.7 Å². The topological polar surface area (TPSA) is 109 Å². The number of benzene rings is 1. The van der Waals surface area contributed by atoms with Gasteiger partial charge >= 0.3 is 31.7 Å². The molecule has 0 aliphatic rings. The van der Waals surface area contributed by atoms with E-state index in [1.807, 2.05) is 0 Å². The molecule has 6 nitrogen and oxygen atoms in total. The zero-order valence-electron chi connectivity index (χ0n) is 46.0. The molecule has 0 unspecified atom stereocenters. The quantitative estimate of drug-likeness (QED) is 0.0497. The van der Waals surface area contributed by atoms with E-state index in [4.69, 9.17) is 0 Å². The molecule has 0 atom stereocenters. The third kappa shape index (κ3) is 35.3. The predicted molar refractivity (Wildman–Crippen MR) is 304 cm³/mol. The second kappa shape index (κ2) is 48.7. The molecular formula is C62H113IO6. The number of rotatable bonds is 54. The molecule has 0 radical (unpaired) electrons. The molecule has 0 saturated heterocycles. The van der Waals surface area contributed by atoms with Crippen LogP contribution in [0, 0.1) is 3.57 Å². The summed E-state index contributed by atoms with van der Waals surface area (Å²) in [5, 5.41) is 21.5. The van der Waals surface area contributed by atoms with Gasteiger partial charge < -0.3 is 10.2 Å². The van der Waals surface area contributed by atoms with E-state index >= 15 is 0 Å². The van der Waals surface area contributed by atoms with Gasteiger partial charge in [-0.15, -0.1) is 0 Å². The van der Waals surface area contributed by atoms with Gasteiger partial charge in [0, 0.05) is 0 Å². The number of carboxylic acid groups (broad SMARTS) is 2. The Labute approximate surface area is 434 Å².